The molecule has 1 aliphatic heterocycles. The van der Waals surface area contributed by atoms with Crippen LogP contribution in [-0.4, -0.2) is 17.1 Å². The van der Waals surface area contributed by atoms with Gasteiger partial charge in [-0.05, 0) is 18.1 Å². The molecular formula is C19H17N3O4. The number of esters is 1. The number of nitro groups is 1. The molecule has 7 nitrogen and oxygen atoms in total. The Morgan fingerprint density at radius 3 is 2.73 bits per heavy atom. The maximum atomic E-state index is 12.7. The van der Waals surface area contributed by atoms with Gasteiger partial charge in [-0.15, -0.1) is 0 Å². The van der Waals surface area contributed by atoms with E-state index in [1.54, 1.807) is 25.3 Å². The predicted molar refractivity (Wildman–Crippen MR) is 96.4 cm³/mol. The average molecular weight is 351 g/mol. The highest BCUT2D eigenvalue weighted by Crippen LogP contribution is 2.30. The van der Waals surface area contributed by atoms with Gasteiger partial charge in [0.15, 0.2) is 0 Å². The number of hydrogen-bond acceptors (Lipinski definition) is 6. The third kappa shape index (κ3) is 3.77. The number of allylic oxidation sites excluding steroid dienone is 1. The first-order valence-corrected chi connectivity index (χ1v) is 8.01. The Hall–Kier alpha value is -3.48. The number of carbonyl (C=O) groups is 1. The molecule has 26 heavy (non-hydrogen) atoms. The first-order valence-electron chi connectivity index (χ1n) is 8.01. The van der Waals surface area contributed by atoms with E-state index in [0.29, 0.717) is 16.8 Å². The van der Waals surface area contributed by atoms with Gasteiger partial charge in [0.1, 0.15) is 6.61 Å². The summed E-state index contributed by atoms with van der Waals surface area (Å²) in [5, 5.41) is 15.1. The first-order chi connectivity index (χ1) is 12.6. The van der Waals surface area contributed by atoms with Crippen LogP contribution in [0.1, 0.15) is 24.0 Å². The number of ether oxygens (including phenoxy) is 1. The summed E-state index contributed by atoms with van der Waals surface area (Å²) in [7, 11) is 0. The van der Waals surface area contributed by atoms with Crippen LogP contribution in [0.3, 0.4) is 0 Å². The van der Waals surface area contributed by atoms with Crippen LogP contribution in [0.25, 0.3) is 0 Å². The van der Waals surface area contributed by atoms with E-state index in [4.69, 9.17) is 4.74 Å². The number of nitrogens with one attached hydrogen (secondary N) is 1. The quantitative estimate of drug-likeness (QED) is 0.507. The summed E-state index contributed by atoms with van der Waals surface area (Å²) in [6, 6.07) is 15.5. The lowest BCUT2D eigenvalue weighted by Crippen LogP contribution is -2.25. The number of hydrazone groups is 1. The third-order valence-corrected chi connectivity index (χ3v) is 4.04. The molecule has 132 valence electrons. The monoisotopic (exact) mass is 351 g/mol. The van der Waals surface area contributed by atoms with Gasteiger partial charge < -0.3 is 4.74 Å². The van der Waals surface area contributed by atoms with Crippen molar-refractivity contribution >= 4 is 17.9 Å². The number of carbonyl (C=O) groups excluding carboxylic acids is 1. The van der Waals surface area contributed by atoms with Crippen LogP contribution in [-0.2, 0) is 16.1 Å². The molecule has 1 atom stereocenters. The van der Waals surface area contributed by atoms with Gasteiger partial charge in [-0.1, -0.05) is 42.5 Å². The Morgan fingerprint density at radius 2 is 2.00 bits per heavy atom. The minimum atomic E-state index is -0.514. The van der Waals surface area contributed by atoms with Crippen molar-refractivity contribution in [2.45, 2.75) is 19.4 Å². The molecule has 1 N–H and O–H groups in total. The molecule has 0 amide bonds. The van der Waals surface area contributed by atoms with Gasteiger partial charge in [0.25, 0.3) is 5.69 Å². The molecule has 0 fully saturated rings. The molecule has 2 aromatic carbocycles. The Morgan fingerprint density at radius 1 is 1.23 bits per heavy atom. The third-order valence-electron chi connectivity index (χ3n) is 4.04. The highest BCUT2D eigenvalue weighted by molar-refractivity contribution is 5.97. The predicted octanol–water partition coefficient (Wildman–Crippen LogP) is 3.28. The van der Waals surface area contributed by atoms with Gasteiger partial charge >= 0.3 is 5.97 Å². The maximum absolute atomic E-state index is 12.7. The zero-order valence-electron chi connectivity index (χ0n) is 14.1. The second kappa shape index (κ2) is 7.60. The fourth-order valence-corrected chi connectivity index (χ4v) is 2.74. The molecule has 0 spiro atoms. The molecule has 7 heteroatoms. The summed E-state index contributed by atoms with van der Waals surface area (Å²) in [5.74, 6) is -0.999. The number of rotatable bonds is 5. The number of non-ortho nitro benzene ring substituents is 1. The molecule has 1 aliphatic rings. The minimum Gasteiger partial charge on any atom is -0.457 e. The summed E-state index contributed by atoms with van der Waals surface area (Å²) < 4.78 is 5.44. The summed E-state index contributed by atoms with van der Waals surface area (Å²) >= 11 is 0. The minimum absolute atomic E-state index is 0.0379. The van der Waals surface area contributed by atoms with E-state index in [0.717, 1.165) is 5.56 Å². The van der Waals surface area contributed by atoms with E-state index in [9.17, 15) is 14.9 Å². The lowest BCUT2D eigenvalue weighted by atomic mass is 9.90. The number of benzene rings is 2. The van der Waals surface area contributed by atoms with Gasteiger partial charge in [-0.2, -0.15) is 5.10 Å². The van der Waals surface area contributed by atoms with Gasteiger partial charge in [0, 0.05) is 24.0 Å². The van der Waals surface area contributed by atoms with Crippen LogP contribution in [0.2, 0.25) is 0 Å². The molecule has 0 aliphatic carbocycles. The standard InChI is InChI=1S/C19H17N3O4/c1-13-18(19(23)26-12-14-6-3-2-4-7-14)17(11-20-21-13)15-8-5-9-16(10-15)22(24)25/h2-11,17,21H,12H2,1H3. The lowest BCUT2D eigenvalue weighted by Gasteiger charge is -2.22. The van der Waals surface area contributed by atoms with Gasteiger partial charge in [-0.25, -0.2) is 4.79 Å². The van der Waals surface area contributed by atoms with E-state index in [1.165, 1.54) is 12.1 Å². The second-order valence-electron chi connectivity index (χ2n) is 5.82. The molecule has 0 radical (unpaired) electrons. The topological polar surface area (TPSA) is 93.8 Å². The molecular weight excluding hydrogens is 334 g/mol. The Labute approximate surface area is 150 Å². The summed E-state index contributed by atoms with van der Waals surface area (Å²) in [6.07, 6.45) is 1.55. The largest absolute Gasteiger partial charge is 0.457 e. The lowest BCUT2D eigenvalue weighted by molar-refractivity contribution is -0.384. The average Bonchev–Trinajstić information content (AvgIpc) is 2.67. The maximum Gasteiger partial charge on any atom is 0.337 e. The SMILES string of the molecule is CC1=C(C(=O)OCc2ccccc2)C(c2cccc([N+](=O)[O-])c2)C=NN1. The first kappa shape index (κ1) is 17.3. The van der Waals surface area contributed by atoms with Crippen molar-refractivity contribution in [3.05, 3.63) is 87.1 Å². The van der Waals surface area contributed by atoms with Gasteiger partial charge in [0.05, 0.1) is 16.4 Å². The van der Waals surface area contributed by atoms with Crippen LogP contribution in [0.5, 0.6) is 0 Å². The fraction of sp³-hybridized carbons (Fsp3) is 0.158. The molecule has 1 heterocycles. The zero-order valence-corrected chi connectivity index (χ0v) is 14.1. The Bertz CT molecular complexity index is 891. The van der Waals surface area contributed by atoms with Crippen LogP contribution >= 0.6 is 0 Å². The molecule has 0 saturated heterocycles. The number of hydrogen-bond donors (Lipinski definition) is 1. The normalized spacial score (nSPS) is 16.1. The van der Waals surface area contributed by atoms with Crippen molar-refractivity contribution in [1.29, 1.82) is 0 Å². The van der Waals surface area contributed by atoms with Crippen molar-refractivity contribution in [3.63, 3.8) is 0 Å². The fourth-order valence-electron chi connectivity index (χ4n) is 2.74. The molecule has 1 unspecified atom stereocenters. The Balaban J connectivity index is 1.84. The van der Waals surface area contributed by atoms with E-state index in [1.807, 2.05) is 30.3 Å². The Kier molecular flexibility index (Phi) is 5.07. The molecule has 2 aromatic rings. The van der Waals surface area contributed by atoms with Gasteiger partial charge in [-0.3, -0.25) is 15.5 Å². The van der Waals surface area contributed by atoms with Crippen LogP contribution in [0.4, 0.5) is 5.69 Å². The van der Waals surface area contributed by atoms with E-state index in [2.05, 4.69) is 10.5 Å². The van der Waals surface area contributed by atoms with E-state index < -0.39 is 16.8 Å². The summed E-state index contributed by atoms with van der Waals surface area (Å²) in [6.45, 7) is 1.87. The van der Waals surface area contributed by atoms with E-state index in [-0.39, 0.29) is 12.3 Å². The molecule has 0 saturated carbocycles. The van der Waals surface area contributed by atoms with Gasteiger partial charge in [0.2, 0.25) is 0 Å². The van der Waals surface area contributed by atoms with E-state index >= 15 is 0 Å². The molecule has 3 rings (SSSR count). The number of nitrogens with zero attached hydrogens (tertiary/aromatic N) is 2. The highest BCUT2D eigenvalue weighted by atomic mass is 16.6. The van der Waals surface area contributed by atoms with Crippen molar-refractivity contribution < 1.29 is 14.5 Å². The zero-order chi connectivity index (χ0) is 18.5. The van der Waals surface area contributed by atoms with Crippen molar-refractivity contribution in [2.75, 3.05) is 0 Å². The van der Waals surface area contributed by atoms with Crippen LogP contribution in [0, 0.1) is 10.1 Å². The second-order valence-corrected chi connectivity index (χ2v) is 5.82. The summed E-state index contributed by atoms with van der Waals surface area (Å²) in [4.78, 5) is 23.2. The number of nitro benzene ring substituents is 1. The van der Waals surface area contributed by atoms with Crippen LogP contribution < -0.4 is 5.43 Å². The van der Waals surface area contributed by atoms with Crippen molar-refractivity contribution in [3.8, 4) is 0 Å². The van der Waals surface area contributed by atoms with Crippen molar-refractivity contribution in [1.82, 2.24) is 5.43 Å². The highest BCUT2D eigenvalue weighted by Gasteiger charge is 2.28. The molecule has 0 aromatic heterocycles. The van der Waals surface area contributed by atoms with Crippen molar-refractivity contribution in [2.24, 2.45) is 5.10 Å². The smallest absolute Gasteiger partial charge is 0.337 e. The molecule has 0 bridgehead atoms. The van der Waals surface area contributed by atoms with Crippen LogP contribution in [0.15, 0.2) is 71.0 Å². The summed E-state index contributed by atoms with van der Waals surface area (Å²) in [5.41, 5.74) is 5.15.